The Hall–Kier alpha value is -2.12. The van der Waals surface area contributed by atoms with Crippen molar-refractivity contribution >= 4 is 15.9 Å². The maximum atomic E-state index is 12.3. The van der Waals surface area contributed by atoms with Crippen LogP contribution in [0.1, 0.15) is 29.0 Å². The van der Waals surface area contributed by atoms with E-state index in [0.29, 0.717) is 0 Å². The molecule has 1 amide bonds. The average Bonchev–Trinajstić information content (AvgIpc) is 2.91. The van der Waals surface area contributed by atoms with Crippen LogP contribution in [-0.4, -0.2) is 25.9 Å². The topological polar surface area (TPSA) is 80.2 Å². The molecule has 0 unspecified atom stereocenters. The Morgan fingerprint density at radius 2 is 1.86 bits per heavy atom. The fraction of sp³-hybridized carbons (Fsp3) is 0.267. The summed E-state index contributed by atoms with van der Waals surface area (Å²) in [6, 6.07) is 10.7. The number of carbonyl (C=O) groups excluding carboxylic acids is 1. The van der Waals surface area contributed by atoms with Crippen LogP contribution >= 0.6 is 0 Å². The molecular formula is C15H19N3O3S. The Bertz CT molecular complexity index is 767. The minimum absolute atomic E-state index is 0.0648. The Morgan fingerprint density at radius 3 is 2.45 bits per heavy atom. The predicted molar refractivity (Wildman–Crippen MR) is 84.0 cm³/mol. The van der Waals surface area contributed by atoms with Gasteiger partial charge in [0.05, 0.1) is 6.04 Å². The lowest BCUT2D eigenvalue weighted by Gasteiger charge is -2.14. The normalized spacial score (nSPS) is 12.9. The van der Waals surface area contributed by atoms with E-state index in [0.717, 1.165) is 5.56 Å². The molecule has 1 heterocycles. The Balaban J connectivity index is 2.20. The van der Waals surface area contributed by atoms with Crippen molar-refractivity contribution in [1.82, 2.24) is 14.6 Å². The number of nitrogens with one attached hydrogen (secondary N) is 2. The molecule has 2 aromatic rings. The number of hydrogen-bond donors (Lipinski definition) is 2. The largest absolute Gasteiger partial charge is 0.345 e. The van der Waals surface area contributed by atoms with Crippen molar-refractivity contribution in [2.45, 2.75) is 17.9 Å². The van der Waals surface area contributed by atoms with Crippen molar-refractivity contribution in [3.8, 4) is 0 Å². The number of benzene rings is 1. The van der Waals surface area contributed by atoms with E-state index in [1.165, 1.54) is 23.9 Å². The molecule has 6 nitrogen and oxygen atoms in total. The van der Waals surface area contributed by atoms with Crippen LogP contribution in [-0.2, 0) is 17.1 Å². The van der Waals surface area contributed by atoms with Gasteiger partial charge in [-0.2, -0.15) is 0 Å². The number of amides is 1. The summed E-state index contributed by atoms with van der Waals surface area (Å²) in [6.45, 7) is 1.88. The second-order valence-electron chi connectivity index (χ2n) is 4.99. The van der Waals surface area contributed by atoms with Crippen LogP contribution in [0.25, 0.3) is 0 Å². The number of carbonyl (C=O) groups is 1. The first-order valence-corrected chi connectivity index (χ1v) is 8.29. The fourth-order valence-electron chi connectivity index (χ4n) is 2.12. The van der Waals surface area contributed by atoms with Gasteiger partial charge in [-0.3, -0.25) is 4.79 Å². The second kappa shape index (κ2) is 6.33. The Kier molecular flexibility index (Phi) is 4.68. The zero-order valence-corrected chi connectivity index (χ0v) is 13.5. The van der Waals surface area contributed by atoms with Crippen molar-refractivity contribution in [3.05, 3.63) is 53.9 Å². The van der Waals surface area contributed by atoms with Crippen molar-refractivity contribution in [2.75, 3.05) is 7.05 Å². The monoisotopic (exact) mass is 321 g/mol. The quantitative estimate of drug-likeness (QED) is 0.874. The summed E-state index contributed by atoms with van der Waals surface area (Å²) in [5, 5.41) is 2.86. The van der Waals surface area contributed by atoms with Gasteiger partial charge >= 0.3 is 0 Å². The molecule has 1 aromatic heterocycles. The number of sulfonamides is 1. The highest BCUT2D eigenvalue weighted by Crippen LogP contribution is 2.16. The minimum Gasteiger partial charge on any atom is -0.345 e. The molecule has 0 aliphatic heterocycles. The third kappa shape index (κ3) is 3.37. The summed E-state index contributed by atoms with van der Waals surface area (Å²) in [4.78, 5) is 12.4. The van der Waals surface area contributed by atoms with Crippen LogP contribution in [0.3, 0.4) is 0 Å². The molecule has 0 bridgehead atoms. The molecular weight excluding hydrogens is 302 g/mol. The first-order valence-electron chi connectivity index (χ1n) is 6.81. The summed E-state index contributed by atoms with van der Waals surface area (Å²) in [5.74, 6) is -0.323. The molecule has 0 saturated carbocycles. The van der Waals surface area contributed by atoms with Crippen molar-refractivity contribution in [2.24, 2.45) is 7.05 Å². The van der Waals surface area contributed by atoms with E-state index in [1.807, 2.05) is 37.3 Å². The maximum absolute atomic E-state index is 12.3. The molecule has 2 N–H and O–H groups in total. The highest BCUT2D eigenvalue weighted by Gasteiger charge is 2.20. The van der Waals surface area contributed by atoms with Crippen LogP contribution in [0.5, 0.6) is 0 Å². The van der Waals surface area contributed by atoms with Gasteiger partial charge in [-0.15, -0.1) is 0 Å². The first kappa shape index (κ1) is 16.3. The standard InChI is InChI=1S/C15H19N3O3S/c1-11(12-7-5-4-6-8-12)17-15(19)14-9-13(10-18(14)3)22(20,21)16-2/h4-11,16H,1-3H3,(H,17,19)/t11-/m0/s1. The van der Waals surface area contributed by atoms with Gasteiger partial charge < -0.3 is 9.88 Å². The van der Waals surface area contributed by atoms with Gasteiger partial charge in [0.25, 0.3) is 5.91 Å². The van der Waals surface area contributed by atoms with E-state index in [4.69, 9.17) is 0 Å². The van der Waals surface area contributed by atoms with E-state index in [9.17, 15) is 13.2 Å². The van der Waals surface area contributed by atoms with E-state index in [1.54, 1.807) is 7.05 Å². The van der Waals surface area contributed by atoms with Crippen LogP contribution in [0.15, 0.2) is 47.5 Å². The van der Waals surface area contributed by atoms with E-state index >= 15 is 0 Å². The number of hydrogen-bond acceptors (Lipinski definition) is 3. The lowest BCUT2D eigenvalue weighted by atomic mass is 10.1. The molecule has 1 atom stereocenters. The van der Waals surface area contributed by atoms with Crippen LogP contribution < -0.4 is 10.0 Å². The molecule has 0 aliphatic rings. The molecule has 2 rings (SSSR count). The molecule has 0 fully saturated rings. The summed E-state index contributed by atoms with van der Waals surface area (Å²) >= 11 is 0. The van der Waals surface area contributed by atoms with E-state index < -0.39 is 10.0 Å². The number of aromatic nitrogens is 1. The third-order valence-electron chi connectivity index (χ3n) is 3.44. The summed E-state index contributed by atoms with van der Waals surface area (Å²) in [7, 11) is -0.596. The zero-order chi connectivity index (χ0) is 16.3. The first-order chi connectivity index (χ1) is 10.3. The number of nitrogens with zero attached hydrogens (tertiary/aromatic N) is 1. The second-order valence-corrected chi connectivity index (χ2v) is 6.87. The van der Waals surface area contributed by atoms with Crippen molar-refractivity contribution in [1.29, 1.82) is 0 Å². The van der Waals surface area contributed by atoms with Gasteiger partial charge in [0.15, 0.2) is 0 Å². The highest BCUT2D eigenvalue weighted by molar-refractivity contribution is 7.89. The smallest absolute Gasteiger partial charge is 0.268 e. The Morgan fingerprint density at radius 1 is 1.23 bits per heavy atom. The molecule has 7 heteroatoms. The maximum Gasteiger partial charge on any atom is 0.268 e. The lowest BCUT2D eigenvalue weighted by molar-refractivity contribution is 0.0931. The van der Waals surface area contributed by atoms with Crippen molar-refractivity contribution in [3.63, 3.8) is 0 Å². The molecule has 22 heavy (non-hydrogen) atoms. The zero-order valence-electron chi connectivity index (χ0n) is 12.7. The summed E-state index contributed by atoms with van der Waals surface area (Å²) in [6.07, 6.45) is 1.41. The third-order valence-corrected chi connectivity index (χ3v) is 4.82. The number of rotatable bonds is 5. The van der Waals surface area contributed by atoms with Gasteiger partial charge in [-0.1, -0.05) is 30.3 Å². The van der Waals surface area contributed by atoms with E-state index in [2.05, 4.69) is 10.0 Å². The van der Waals surface area contributed by atoms with Gasteiger partial charge in [-0.05, 0) is 25.6 Å². The van der Waals surface area contributed by atoms with Gasteiger partial charge in [0.2, 0.25) is 10.0 Å². The summed E-state index contributed by atoms with van der Waals surface area (Å²) < 4.78 is 27.3. The van der Waals surface area contributed by atoms with E-state index in [-0.39, 0.29) is 22.5 Å². The minimum atomic E-state index is -3.56. The summed E-state index contributed by atoms with van der Waals surface area (Å²) in [5.41, 5.74) is 1.27. The highest BCUT2D eigenvalue weighted by atomic mass is 32.2. The number of aryl methyl sites for hydroxylation is 1. The molecule has 118 valence electrons. The SMILES string of the molecule is CNS(=O)(=O)c1cc(C(=O)N[C@@H](C)c2ccccc2)n(C)c1. The fourth-order valence-corrected chi connectivity index (χ4v) is 2.92. The molecule has 0 spiro atoms. The lowest BCUT2D eigenvalue weighted by Crippen LogP contribution is -2.28. The molecule has 1 aromatic carbocycles. The van der Waals surface area contributed by atoms with Gasteiger partial charge in [0.1, 0.15) is 10.6 Å². The van der Waals surface area contributed by atoms with Gasteiger partial charge in [-0.25, -0.2) is 13.1 Å². The van der Waals surface area contributed by atoms with Crippen LogP contribution in [0, 0.1) is 0 Å². The predicted octanol–water partition coefficient (Wildman–Crippen LogP) is 1.42. The van der Waals surface area contributed by atoms with Crippen molar-refractivity contribution < 1.29 is 13.2 Å². The average molecular weight is 321 g/mol. The molecule has 0 aliphatic carbocycles. The van der Waals surface area contributed by atoms with Gasteiger partial charge in [0, 0.05) is 13.2 Å². The van der Waals surface area contributed by atoms with Crippen LogP contribution in [0.2, 0.25) is 0 Å². The van der Waals surface area contributed by atoms with Crippen LogP contribution in [0.4, 0.5) is 0 Å². The molecule has 0 saturated heterocycles. The Labute approximate surface area is 130 Å². The molecule has 0 radical (unpaired) electrons.